The molecule has 1 N–H and O–H groups in total. The molecule has 0 saturated carbocycles. The fraction of sp³-hybridized carbons (Fsp3) is 0.588. The molecule has 0 aliphatic carbocycles. The third-order valence-corrected chi connectivity index (χ3v) is 4.22. The third kappa shape index (κ3) is 4.46. The quantitative estimate of drug-likeness (QED) is 0.875. The topological polar surface area (TPSA) is 41.6 Å². The molecule has 2 rings (SSSR count). The minimum atomic E-state index is -0.0207. The molecule has 1 saturated heterocycles. The fourth-order valence-corrected chi connectivity index (χ4v) is 2.82. The first-order chi connectivity index (χ1) is 10.1. The first kappa shape index (κ1) is 15.8. The normalized spacial score (nSPS) is 19.0. The second-order valence-corrected chi connectivity index (χ2v) is 6.02. The maximum absolute atomic E-state index is 12.1. The Morgan fingerprint density at radius 2 is 2.29 bits per heavy atom. The van der Waals surface area contributed by atoms with E-state index in [1.807, 2.05) is 18.2 Å². The van der Waals surface area contributed by atoms with Crippen molar-refractivity contribution in [1.82, 2.24) is 10.2 Å². The lowest BCUT2D eigenvalue weighted by Crippen LogP contribution is -2.29. The maximum Gasteiger partial charge on any atom is 0.251 e. The fourth-order valence-electron chi connectivity index (χ4n) is 2.82. The van der Waals surface area contributed by atoms with Crippen LogP contribution in [-0.2, 0) is 0 Å². The SMILES string of the molecule is COc1cccc(C(=O)NCCC2CCN(C(C)C)C2)c1. The second kappa shape index (κ2) is 7.46. The molecular weight excluding hydrogens is 264 g/mol. The summed E-state index contributed by atoms with van der Waals surface area (Å²) >= 11 is 0. The summed E-state index contributed by atoms with van der Waals surface area (Å²) in [6.07, 6.45) is 2.30. The van der Waals surface area contributed by atoms with E-state index in [1.54, 1.807) is 13.2 Å². The summed E-state index contributed by atoms with van der Waals surface area (Å²) in [6.45, 7) is 7.57. The molecule has 0 spiro atoms. The summed E-state index contributed by atoms with van der Waals surface area (Å²) in [5.41, 5.74) is 0.657. The Bertz CT molecular complexity index is 474. The van der Waals surface area contributed by atoms with E-state index in [0.29, 0.717) is 23.3 Å². The summed E-state index contributed by atoms with van der Waals surface area (Å²) in [5, 5.41) is 3.01. The van der Waals surface area contributed by atoms with Crippen molar-refractivity contribution in [1.29, 1.82) is 0 Å². The number of nitrogens with zero attached hydrogens (tertiary/aromatic N) is 1. The highest BCUT2D eigenvalue weighted by atomic mass is 16.5. The number of amides is 1. The van der Waals surface area contributed by atoms with Crippen molar-refractivity contribution in [3.63, 3.8) is 0 Å². The maximum atomic E-state index is 12.1. The zero-order chi connectivity index (χ0) is 15.2. The van der Waals surface area contributed by atoms with E-state index >= 15 is 0 Å². The average molecular weight is 290 g/mol. The second-order valence-electron chi connectivity index (χ2n) is 6.02. The highest BCUT2D eigenvalue weighted by Crippen LogP contribution is 2.21. The molecule has 0 radical (unpaired) electrons. The van der Waals surface area contributed by atoms with Gasteiger partial charge in [0, 0.05) is 24.7 Å². The average Bonchev–Trinajstić information content (AvgIpc) is 2.96. The standard InChI is InChI=1S/C17H26N2O2/c1-13(2)19-10-8-14(12-19)7-9-18-17(20)15-5-4-6-16(11-15)21-3/h4-6,11,13-14H,7-10,12H2,1-3H3,(H,18,20). The Kier molecular flexibility index (Phi) is 5.62. The van der Waals surface area contributed by atoms with Gasteiger partial charge in [-0.15, -0.1) is 0 Å². The molecule has 4 heteroatoms. The Labute approximate surface area is 127 Å². The van der Waals surface area contributed by atoms with E-state index < -0.39 is 0 Å². The van der Waals surface area contributed by atoms with Crippen molar-refractivity contribution < 1.29 is 9.53 Å². The van der Waals surface area contributed by atoms with Crippen LogP contribution in [-0.4, -0.2) is 43.6 Å². The van der Waals surface area contributed by atoms with Gasteiger partial charge in [0.25, 0.3) is 5.91 Å². The Balaban J connectivity index is 1.74. The minimum absolute atomic E-state index is 0.0207. The van der Waals surface area contributed by atoms with Crippen molar-refractivity contribution >= 4 is 5.91 Å². The summed E-state index contributed by atoms with van der Waals surface area (Å²) in [4.78, 5) is 14.6. The molecule has 0 bridgehead atoms. The molecule has 1 aromatic rings. The van der Waals surface area contributed by atoms with Crippen LogP contribution in [0.5, 0.6) is 5.75 Å². The van der Waals surface area contributed by atoms with Gasteiger partial charge in [-0.3, -0.25) is 4.79 Å². The largest absolute Gasteiger partial charge is 0.497 e. The van der Waals surface area contributed by atoms with E-state index in [9.17, 15) is 4.79 Å². The van der Waals surface area contributed by atoms with Gasteiger partial charge in [0.05, 0.1) is 7.11 Å². The van der Waals surface area contributed by atoms with E-state index in [2.05, 4.69) is 24.1 Å². The lowest BCUT2D eigenvalue weighted by atomic mass is 10.1. The van der Waals surface area contributed by atoms with Crippen LogP contribution in [0, 0.1) is 5.92 Å². The zero-order valence-electron chi connectivity index (χ0n) is 13.3. The van der Waals surface area contributed by atoms with Crippen molar-refractivity contribution in [2.45, 2.75) is 32.7 Å². The van der Waals surface area contributed by atoms with Crippen LogP contribution in [0.1, 0.15) is 37.0 Å². The number of methoxy groups -OCH3 is 1. The van der Waals surface area contributed by atoms with Gasteiger partial charge < -0.3 is 15.0 Å². The van der Waals surface area contributed by atoms with Crippen LogP contribution in [0.2, 0.25) is 0 Å². The lowest BCUT2D eigenvalue weighted by Gasteiger charge is -2.20. The van der Waals surface area contributed by atoms with E-state index in [1.165, 1.54) is 13.0 Å². The number of carbonyl (C=O) groups is 1. The molecule has 1 fully saturated rings. The van der Waals surface area contributed by atoms with Crippen molar-refractivity contribution in [3.8, 4) is 5.75 Å². The lowest BCUT2D eigenvalue weighted by molar-refractivity contribution is 0.0951. The predicted octanol–water partition coefficient (Wildman–Crippen LogP) is 2.55. The van der Waals surface area contributed by atoms with Crippen LogP contribution < -0.4 is 10.1 Å². The van der Waals surface area contributed by atoms with Gasteiger partial charge in [0.15, 0.2) is 0 Å². The third-order valence-electron chi connectivity index (χ3n) is 4.22. The first-order valence-electron chi connectivity index (χ1n) is 7.76. The number of nitrogens with one attached hydrogen (secondary N) is 1. The molecule has 21 heavy (non-hydrogen) atoms. The molecule has 0 aromatic heterocycles. The summed E-state index contributed by atoms with van der Waals surface area (Å²) in [5.74, 6) is 1.40. The number of carbonyl (C=O) groups excluding carboxylic acids is 1. The molecule has 1 amide bonds. The molecule has 1 aromatic carbocycles. The molecule has 1 aliphatic rings. The van der Waals surface area contributed by atoms with Crippen molar-refractivity contribution in [3.05, 3.63) is 29.8 Å². The highest BCUT2D eigenvalue weighted by Gasteiger charge is 2.23. The van der Waals surface area contributed by atoms with Crippen LogP contribution in [0.4, 0.5) is 0 Å². The number of likely N-dealkylation sites (tertiary alicyclic amines) is 1. The van der Waals surface area contributed by atoms with Crippen molar-refractivity contribution in [2.24, 2.45) is 5.92 Å². The Hall–Kier alpha value is -1.55. The van der Waals surface area contributed by atoms with E-state index in [4.69, 9.17) is 4.74 Å². The zero-order valence-corrected chi connectivity index (χ0v) is 13.3. The van der Waals surface area contributed by atoms with Gasteiger partial charge in [-0.05, 0) is 57.4 Å². The summed E-state index contributed by atoms with van der Waals surface area (Å²) < 4.78 is 5.14. The molecule has 1 aliphatic heterocycles. The predicted molar refractivity (Wildman–Crippen MR) is 84.8 cm³/mol. The van der Waals surface area contributed by atoms with E-state index in [0.717, 1.165) is 19.5 Å². The molecular formula is C17H26N2O2. The van der Waals surface area contributed by atoms with Gasteiger partial charge in [0.1, 0.15) is 5.75 Å². The minimum Gasteiger partial charge on any atom is -0.497 e. The van der Waals surface area contributed by atoms with Crippen LogP contribution in [0.25, 0.3) is 0 Å². The number of ether oxygens (including phenoxy) is 1. The van der Waals surface area contributed by atoms with Crippen LogP contribution in [0.15, 0.2) is 24.3 Å². The monoisotopic (exact) mass is 290 g/mol. The number of hydrogen-bond donors (Lipinski definition) is 1. The summed E-state index contributed by atoms with van der Waals surface area (Å²) in [6, 6.07) is 7.89. The van der Waals surface area contributed by atoms with Crippen LogP contribution in [0.3, 0.4) is 0 Å². The van der Waals surface area contributed by atoms with Gasteiger partial charge >= 0.3 is 0 Å². The van der Waals surface area contributed by atoms with Crippen LogP contribution >= 0.6 is 0 Å². The molecule has 116 valence electrons. The first-order valence-corrected chi connectivity index (χ1v) is 7.76. The molecule has 1 atom stereocenters. The molecule has 4 nitrogen and oxygen atoms in total. The van der Waals surface area contributed by atoms with Gasteiger partial charge in [-0.1, -0.05) is 6.07 Å². The highest BCUT2D eigenvalue weighted by molar-refractivity contribution is 5.94. The number of rotatable bonds is 6. The Morgan fingerprint density at radius 3 is 2.95 bits per heavy atom. The molecule has 1 unspecified atom stereocenters. The number of benzene rings is 1. The smallest absolute Gasteiger partial charge is 0.251 e. The Morgan fingerprint density at radius 1 is 1.48 bits per heavy atom. The van der Waals surface area contributed by atoms with Gasteiger partial charge in [0.2, 0.25) is 0 Å². The van der Waals surface area contributed by atoms with Gasteiger partial charge in [-0.2, -0.15) is 0 Å². The van der Waals surface area contributed by atoms with Gasteiger partial charge in [-0.25, -0.2) is 0 Å². The number of hydrogen-bond acceptors (Lipinski definition) is 3. The molecule has 1 heterocycles. The summed E-state index contributed by atoms with van der Waals surface area (Å²) in [7, 11) is 1.61. The van der Waals surface area contributed by atoms with E-state index in [-0.39, 0.29) is 5.91 Å². The van der Waals surface area contributed by atoms with Crippen molar-refractivity contribution in [2.75, 3.05) is 26.7 Å².